The molecule has 152 valence electrons. The molecule has 2 heterocycles. The molecule has 7 heteroatoms. The first-order valence-electron chi connectivity index (χ1n) is 9.66. The minimum absolute atomic E-state index is 0.277. The molecule has 0 bridgehead atoms. The number of nitrogens with one attached hydrogen (secondary N) is 1. The molecule has 0 amide bonds. The summed E-state index contributed by atoms with van der Waals surface area (Å²) in [7, 11) is 0. The summed E-state index contributed by atoms with van der Waals surface area (Å²) < 4.78 is 24.4. The molecule has 0 radical (unpaired) electrons. The molecule has 3 aromatic carbocycles. The summed E-state index contributed by atoms with van der Waals surface area (Å²) in [4.78, 5) is 8.55. The molecular weight excluding hydrogens is 395 g/mol. The molecule has 2 aromatic heterocycles. The first-order chi connectivity index (χ1) is 15.3. The number of hydrogen-bond acceptors (Lipinski definition) is 6. The van der Waals surface area contributed by atoms with E-state index in [9.17, 15) is 4.39 Å². The first-order valence-corrected chi connectivity index (χ1v) is 9.66. The van der Waals surface area contributed by atoms with Crippen LogP contribution in [-0.2, 0) is 6.61 Å². The lowest BCUT2D eigenvalue weighted by atomic mass is 10.1. The average Bonchev–Trinajstić information content (AvgIpc) is 3.25. The van der Waals surface area contributed by atoms with E-state index in [1.165, 1.54) is 18.5 Å². The van der Waals surface area contributed by atoms with Crippen molar-refractivity contribution in [1.29, 1.82) is 0 Å². The number of fused-ring (bicyclic) bond motifs is 1. The van der Waals surface area contributed by atoms with Crippen molar-refractivity contribution in [2.45, 2.75) is 6.61 Å². The number of ether oxygens (including phenoxy) is 1. The van der Waals surface area contributed by atoms with Gasteiger partial charge in [-0.3, -0.25) is 0 Å². The fourth-order valence-electron chi connectivity index (χ4n) is 3.24. The molecule has 0 atom stereocenters. The Bertz CT molecular complexity index is 1320. The normalized spacial score (nSPS) is 10.9. The number of halogens is 1. The predicted molar refractivity (Wildman–Crippen MR) is 115 cm³/mol. The Morgan fingerprint density at radius 2 is 1.74 bits per heavy atom. The highest BCUT2D eigenvalue weighted by molar-refractivity contribution is 5.98. The van der Waals surface area contributed by atoms with Crippen LogP contribution in [0, 0.1) is 5.82 Å². The van der Waals surface area contributed by atoms with Gasteiger partial charge in [0.15, 0.2) is 0 Å². The molecule has 0 aliphatic rings. The Balaban J connectivity index is 1.36. The van der Waals surface area contributed by atoms with Crippen LogP contribution in [0.15, 0.2) is 89.7 Å². The zero-order valence-corrected chi connectivity index (χ0v) is 16.3. The zero-order chi connectivity index (χ0) is 21.0. The van der Waals surface area contributed by atoms with E-state index in [4.69, 9.17) is 9.26 Å². The number of anilines is 2. The van der Waals surface area contributed by atoms with Crippen LogP contribution in [0.3, 0.4) is 0 Å². The molecule has 0 unspecified atom stereocenters. The molecule has 1 N–H and O–H groups in total. The quantitative estimate of drug-likeness (QED) is 0.383. The van der Waals surface area contributed by atoms with Gasteiger partial charge in [-0.25, -0.2) is 9.37 Å². The van der Waals surface area contributed by atoms with Gasteiger partial charge in [-0.05, 0) is 42.0 Å². The summed E-state index contributed by atoms with van der Waals surface area (Å²) in [6, 6.07) is 23.5. The van der Waals surface area contributed by atoms with Gasteiger partial charge in [0, 0.05) is 11.3 Å². The maximum atomic E-state index is 13.3. The predicted octanol–water partition coefficient (Wildman–Crippen LogP) is 5.75. The molecule has 5 rings (SSSR count). The standard InChI is InChI=1S/C24H17FN4O2/c25-18-8-4-5-16(13-18)14-30-20-11-9-19(10-12-20)28-23-21-22(17-6-2-1-3-7-17)29-31-24(21)27-15-26-23/h1-13,15H,14H2,(H,26,27,28). The SMILES string of the molecule is Fc1cccc(COc2ccc(Nc3ncnc4onc(-c5ccccc5)c34)cc2)c1. The van der Waals surface area contributed by atoms with Gasteiger partial charge in [-0.15, -0.1) is 0 Å². The van der Waals surface area contributed by atoms with E-state index in [0.717, 1.165) is 16.8 Å². The Morgan fingerprint density at radius 3 is 2.55 bits per heavy atom. The van der Waals surface area contributed by atoms with Gasteiger partial charge >= 0.3 is 0 Å². The van der Waals surface area contributed by atoms with Gasteiger partial charge in [0.25, 0.3) is 5.71 Å². The van der Waals surface area contributed by atoms with Gasteiger partial charge in [0.2, 0.25) is 0 Å². The number of benzene rings is 3. The molecule has 0 saturated carbocycles. The number of hydrogen-bond donors (Lipinski definition) is 1. The van der Waals surface area contributed by atoms with Crippen LogP contribution >= 0.6 is 0 Å². The van der Waals surface area contributed by atoms with Gasteiger partial charge in [-0.1, -0.05) is 47.6 Å². The van der Waals surface area contributed by atoms with E-state index in [1.54, 1.807) is 6.07 Å². The minimum atomic E-state index is -0.277. The largest absolute Gasteiger partial charge is 0.489 e. The van der Waals surface area contributed by atoms with E-state index < -0.39 is 0 Å². The Labute approximate surface area is 177 Å². The lowest BCUT2D eigenvalue weighted by Crippen LogP contribution is -1.97. The lowest BCUT2D eigenvalue weighted by Gasteiger charge is -2.09. The lowest BCUT2D eigenvalue weighted by molar-refractivity contribution is 0.305. The van der Waals surface area contributed by atoms with Crippen molar-refractivity contribution in [3.63, 3.8) is 0 Å². The van der Waals surface area contributed by atoms with E-state index in [1.807, 2.05) is 60.7 Å². The first kappa shape index (κ1) is 18.7. The molecule has 0 fully saturated rings. The highest BCUT2D eigenvalue weighted by atomic mass is 19.1. The van der Waals surface area contributed by atoms with E-state index in [2.05, 4.69) is 20.4 Å². The summed E-state index contributed by atoms with van der Waals surface area (Å²) in [6.07, 6.45) is 1.43. The maximum Gasteiger partial charge on any atom is 0.263 e. The number of nitrogens with zero attached hydrogens (tertiary/aromatic N) is 3. The average molecular weight is 412 g/mol. The van der Waals surface area contributed by atoms with Crippen LogP contribution in [0.5, 0.6) is 5.75 Å². The van der Waals surface area contributed by atoms with Crippen molar-refractivity contribution in [2.24, 2.45) is 0 Å². The molecule has 0 spiro atoms. The summed E-state index contributed by atoms with van der Waals surface area (Å²) in [5.41, 5.74) is 3.59. The van der Waals surface area contributed by atoms with Gasteiger partial charge in [0.1, 0.15) is 41.4 Å². The van der Waals surface area contributed by atoms with Crippen molar-refractivity contribution < 1.29 is 13.7 Å². The van der Waals surface area contributed by atoms with Crippen molar-refractivity contribution >= 4 is 22.6 Å². The van der Waals surface area contributed by atoms with Crippen LogP contribution < -0.4 is 10.1 Å². The topological polar surface area (TPSA) is 73.1 Å². The Morgan fingerprint density at radius 1 is 0.903 bits per heavy atom. The van der Waals surface area contributed by atoms with Crippen molar-refractivity contribution in [3.05, 3.63) is 96.6 Å². The van der Waals surface area contributed by atoms with Crippen LogP contribution in [0.25, 0.3) is 22.4 Å². The molecule has 31 heavy (non-hydrogen) atoms. The summed E-state index contributed by atoms with van der Waals surface area (Å²) in [5.74, 6) is 0.997. The second-order valence-corrected chi connectivity index (χ2v) is 6.87. The van der Waals surface area contributed by atoms with Crippen molar-refractivity contribution in [2.75, 3.05) is 5.32 Å². The summed E-state index contributed by atoms with van der Waals surface area (Å²) >= 11 is 0. The zero-order valence-electron chi connectivity index (χ0n) is 16.3. The molecule has 0 aliphatic heterocycles. The monoisotopic (exact) mass is 412 g/mol. The Hall–Kier alpha value is -4.26. The number of aromatic nitrogens is 3. The van der Waals surface area contributed by atoms with E-state index >= 15 is 0 Å². The highest BCUT2D eigenvalue weighted by Gasteiger charge is 2.16. The third kappa shape index (κ3) is 4.06. The molecule has 0 aliphatic carbocycles. The Kier molecular flexibility index (Phi) is 4.98. The number of rotatable bonds is 6. The molecular formula is C24H17FN4O2. The fourth-order valence-corrected chi connectivity index (χ4v) is 3.24. The van der Waals surface area contributed by atoms with Crippen molar-refractivity contribution in [3.8, 4) is 17.0 Å². The van der Waals surface area contributed by atoms with Crippen LogP contribution in [0.2, 0.25) is 0 Å². The van der Waals surface area contributed by atoms with E-state index in [-0.39, 0.29) is 12.4 Å². The third-order valence-electron chi connectivity index (χ3n) is 4.73. The van der Waals surface area contributed by atoms with Crippen LogP contribution in [0.4, 0.5) is 15.9 Å². The maximum absolute atomic E-state index is 13.3. The highest BCUT2D eigenvalue weighted by Crippen LogP contribution is 2.32. The molecule has 6 nitrogen and oxygen atoms in total. The van der Waals surface area contributed by atoms with E-state index in [0.29, 0.717) is 28.4 Å². The van der Waals surface area contributed by atoms with Gasteiger partial charge in [0.05, 0.1) is 0 Å². The second kappa shape index (κ2) is 8.23. The minimum Gasteiger partial charge on any atom is -0.489 e. The van der Waals surface area contributed by atoms with Crippen molar-refractivity contribution in [1.82, 2.24) is 15.1 Å². The molecule has 5 aromatic rings. The summed E-state index contributed by atoms with van der Waals surface area (Å²) in [6.45, 7) is 0.290. The van der Waals surface area contributed by atoms with Crippen LogP contribution in [-0.4, -0.2) is 15.1 Å². The van der Waals surface area contributed by atoms with Crippen LogP contribution in [0.1, 0.15) is 5.56 Å². The van der Waals surface area contributed by atoms with Gasteiger partial charge in [-0.2, -0.15) is 4.98 Å². The van der Waals surface area contributed by atoms with Gasteiger partial charge < -0.3 is 14.6 Å². The fraction of sp³-hybridized carbons (Fsp3) is 0.0417. The second-order valence-electron chi connectivity index (χ2n) is 6.87. The molecule has 0 saturated heterocycles. The summed E-state index contributed by atoms with van der Waals surface area (Å²) in [5, 5.41) is 8.18. The third-order valence-corrected chi connectivity index (χ3v) is 4.73. The smallest absolute Gasteiger partial charge is 0.263 e.